The summed E-state index contributed by atoms with van der Waals surface area (Å²) < 4.78 is 10.9. The Hall–Kier alpha value is -1.95. The lowest BCUT2D eigenvalue weighted by atomic mass is 10.0. The molecule has 128 valence electrons. The van der Waals surface area contributed by atoms with E-state index in [1.807, 2.05) is 42.5 Å². The van der Waals surface area contributed by atoms with Gasteiger partial charge in [-0.15, -0.1) is 0 Å². The van der Waals surface area contributed by atoms with Crippen molar-refractivity contribution in [3.63, 3.8) is 0 Å². The fourth-order valence-corrected chi connectivity index (χ4v) is 3.06. The van der Waals surface area contributed by atoms with Crippen molar-refractivity contribution in [2.75, 3.05) is 26.9 Å². The summed E-state index contributed by atoms with van der Waals surface area (Å²) in [7, 11) is 1.66. The molecule has 0 spiro atoms. The summed E-state index contributed by atoms with van der Waals surface area (Å²) in [4.78, 5) is 6.76. The van der Waals surface area contributed by atoms with Crippen molar-refractivity contribution >= 4 is 0 Å². The van der Waals surface area contributed by atoms with Crippen LogP contribution in [0.5, 0.6) is 5.75 Å². The van der Waals surface area contributed by atoms with E-state index in [1.54, 1.807) is 13.3 Å². The van der Waals surface area contributed by atoms with Gasteiger partial charge in [0.1, 0.15) is 5.75 Å². The Morgan fingerprint density at radius 2 is 2.17 bits per heavy atom. The minimum atomic E-state index is -0.487. The van der Waals surface area contributed by atoms with Gasteiger partial charge in [-0.1, -0.05) is 30.3 Å². The van der Waals surface area contributed by atoms with Crippen LogP contribution in [-0.2, 0) is 11.3 Å². The molecule has 1 saturated heterocycles. The molecular formula is C19H24N2O3. The van der Waals surface area contributed by atoms with Crippen LogP contribution in [0.1, 0.15) is 23.8 Å². The number of rotatable bonds is 6. The molecule has 1 aliphatic rings. The van der Waals surface area contributed by atoms with E-state index in [-0.39, 0.29) is 6.04 Å². The highest BCUT2D eigenvalue weighted by atomic mass is 16.5. The minimum Gasteiger partial charge on any atom is -0.497 e. The molecular weight excluding hydrogens is 304 g/mol. The normalized spacial score (nSPS) is 19.8. The molecule has 0 aliphatic carbocycles. The summed E-state index contributed by atoms with van der Waals surface area (Å²) in [5.41, 5.74) is 1.91. The summed E-state index contributed by atoms with van der Waals surface area (Å²) >= 11 is 0. The maximum Gasteiger partial charge on any atom is 0.122 e. The Balaban J connectivity index is 1.66. The Morgan fingerprint density at radius 1 is 1.33 bits per heavy atom. The van der Waals surface area contributed by atoms with Crippen molar-refractivity contribution in [2.24, 2.45) is 0 Å². The molecule has 1 N–H and O–H groups in total. The number of aromatic nitrogens is 1. The molecule has 2 aromatic rings. The lowest BCUT2D eigenvalue weighted by Gasteiger charge is -2.36. The second kappa shape index (κ2) is 8.24. The summed E-state index contributed by atoms with van der Waals surface area (Å²) in [6.07, 6.45) is 1.93. The van der Waals surface area contributed by atoms with Crippen molar-refractivity contribution in [3.8, 4) is 5.75 Å². The quantitative estimate of drug-likeness (QED) is 0.882. The van der Waals surface area contributed by atoms with Crippen LogP contribution < -0.4 is 4.74 Å². The number of methoxy groups -OCH3 is 1. The molecule has 2 heterocycles. The zero-order valence-corrected chi connectivity index (χ0v) is 14.0. The molecule has 1 aliphatic heterocycles. The zero-order chi connectivity index (χ0) is 16.8. The number of hydrogen-bond acceptors (Lipinski definition) is 5. The molecule has 1 aromatic carbocycles. The summed E-state index contributed by atoms with van der Waals surface area (Å²) in [5, 5.41) is 10.5. The molecule has 0 amide bonds. The van der Waals surface area contributed by atoms with Gasteiger partial charge in [0, 0.05) is 31.4 Å². The Kier molecular flexibility index (Phi) is 5.80. The zero-order valence-electron chi connectivity index (χ0n) is 14.0. The predicted molar refractivity (Wildman–Crippen MR) is 91.8 cm³/mol. The Morgan fingerprint density at radius 3 is 2.96 bits per heavy atom. The van der Waals surface area contributed by atoms with Crippen molar-refractivity contribution in [1.82, 2.24) is 9.88 Å². The molecule has 0 bridgehead atoms. The van der Waals surface area contributed by atoms with E-state index in [1.165, 1.54) is 0 Å². The topological polar surface area (TPSA) is 54.8 Å². The molecule has 24 heavy (non-hydrogen) atoms. The van der Waals surface area contributed by atoms with Crippen LogP contribution >= 0.6 is 0 Å². The molecule has 2 unspecified atom stereocenters. The van der Waals surface area contributed by atoms with Gasteiger partial charge in [-0.05, 0) is 18.1 Å². The van der Waals surface area contributed by atoms with Gasteiger partial charge in [0.15, 0.2) is 0 Å². The van der Waals surface area contributed by atoms with E-state index in [9.17, 15) is 5.11 Å². The van der Waals surface area contributed by atoms with Gasteiger partial charge in [0.2, 0.25) is 0 Å². The second-order valence-electron chi connectivity index (χ2n) is 6.05. The number of pyridine rings is 1. The number of benzene rings is 1. The van der Waals surface area contributed by atoms with Crippen molar-refractivity contribution in [1.29, 1.82) is 0 Å². The standard InChI is InChI=1S/C19H24N2O3/c1-23-18-7-8-20-16(11-18)13-21-9-10-24-14-17(21)12-19(22)15-5-3-2-4-6-15/h2-8,11,17,19,22H,9-10,12-14H2,1H3. The molecule has 3 rings (SSSR count). The van der Waals surface area contributed by atoms with Crippen LogP contribution in [0.3, 0.4) is 0 Å². The summed E-state index contributed by atoms with van der Waals surface area (Å²) in [6, 6.07) is 13.8. The molecule has 5 heteroatoms. The highest BCUT2D eigenvalue weighted by Crippen LogP contribution is 2.24. The number of morpholine rings is 1. The average Bonchev–Trinajstić information content (AvgIpc) is 2.64. The van der Waals surface area contributed by atoms with Crippen molar-refractivity contribution in [3.05, 3.63) is 59.9 Å². The number of hydrogen-bond donors (Lipinski definition) is 1. The van der Waals surface area contributed by atoms with Crippen LogP contribution in [0.2, 0.25) is 0 Å². The second-order valence-corrected chi connectivity index (χ2v) is 6.05. The van der Waals surface area contributed by atoms with E-state index < -0.39 is 6.10 Å². The molecule has 2 atom stereocenters. The van der Waals surface area contributed by atoms with Gasteiger partial charge >= 0.3 is 0 Å². The first-order valence-corrected chi connectivity index (χ1v) is 8.30. The van der Waals surface area contributed by atoms with E-state index >= 15 is 0 Å². The first kappa shape index (κ1) is 16.9. The maximum absolute atomic E-state index is 10.5. The monoisotopic (exact) mass is 328 g/mol. The van der Waals surface area contributed by atoms with Gasteiger partial charge in [-0.2, -0.15) is 0 Å². The molecule has 5 nitrogen and oxygen atoms in total. The maximum atomic E-state index is 10.5. The number of nitrogens with zero attached hydrogens (tertiary/aromatic N) is 2. The molecule has 0 radical (unpaired) electrons. The Bertz CT molecular complexity index is 636. The third kappa shape index (κ3) is 4.32. The lowest BCUT2D eigenvalue weighted by Crippen LogP contribution is -2.45. The van der Waals surface area contributed by atoms with E-state index in [4.69, 9.17) is 9.47 Å². The first-order valence-electron chi connectivity index (χ1n) is 8.30. The van der Waals surface area contributed by atoms with Gasteiger partial charge in [0.05, 0.1) is 32.1 Å². The van der Waals surface area contributed by atoms with E-state index in [0.717, 1.165) is 30.1 Å². The van der Waals surface area contributed by atoms with E-state index in [2.05, 4.69) is 9.88 Å². The third-order valence-corrected chi connectivity index (χ3v) is 4.42. The van der Waals surface area contributed by atoms with Gasteiger partial charge < -0.3 is 14.6 Å². The van der Waals surface area contributed by atoms with Crippen molar-refractivity contribution in [2.45, 2.75) is 25.1 Å². The van der Waals surface area contributed by atoms with Crippen LogP contribution in [0, 0.1) is 0 Å². The fourth-order valence-electron chi connectivity index (χ4n) is 3.06. The van der Waals surface area contributed by atoms with Gasteiger partial charge in [-0.3, -0.25) is 9.88 Å². The predicted octanol–water partition coefficient (Wildman–Crippen LogP) is 2.41. The minimum absolute atomic E-state index is 0.168. The third-order valence-electron chi connectivity index (χ3n) is 4.42. The summed E-state index contributed by atoms with van der Waals surface area (Å²) in [6.45, 7) is 2.91. The fraction of sp³-hybridized carbons (Fsp3) is 0.421. The highest BCUT2D eigenvalue weighted by molar-refractivity contribution is 5.22. The number of aliphatic hydroxyl groups excluding tert-OH is 1. The van der Waals surface area contributed by atoms with Gasteiger partial charge in [0.25, 0.3) is 0 Å². The number of aliphatic hydroxyl groups is 1. The molecule has 0 saturated carbocycles. The SMILES string of the molecule is COc1ccnc(CN2CCOCC2CC(O)c2ccccc2)c1. The van der Waals surface area contributed by atoms with Crippen molar-refractivity contribution < 1.29 is 14.6 Å². The van der Waals surface area contributed by atoms with E-state index in [0.29, 0.717) is 19.6 Å². The largest absolute Gasteiger partial charge is 0.497 e. The van der Waals surface area contributed by atoms with Gasteiger partial charge in [-0.25, -0.2) is 0 Å². The average molecular weight is 328 g/mol. The first-order chi connectivity index (χ1) is 11.8. The Labute approximate surface area is 142 Å². The van der Waals surface area contributed by atoms with Crippen LogP contribution in [0.25, 0.3) is 0 Å². The summed E-state index contributed by atoms with van der Waals surface area (Å²) in [5.74, 6) is 0.814. The highest BCUT2D eigenvalue weighted by Gasteiger charge is 2.26. The van der Waals surface area contributed by atoms with Crippen LogP contribution in [0.4, 0.5) is 0 Å². The van der Waals surface area contributed by atoms with Crippen LogP contribution in [-0.4, -0.2) is 47.9 Å². The molecule has 1 aromatic heterocycles. The molecule has 1 fully saturated rings. The lowest BCUT2D eigenvalue weighted by molar-refractivity contribution is -0.0305. The van der Waals surface area contributed by atoms with Crippen LogP contribution in [0.15, 0.2) is 48.7 Å². The number of ether oxygens (including phenoxy) is 2. The smallest absolute Gasteiger partial charge is 0.122 e.